The van der Waals surface area contributed by atoms with Crippen LogP contribution in [0.5, 0.6) is 0 Å². The Morgan fingerprint density at radius 1 is 0.914 bits per heavy atom. The Labute approximate surface area is 205 Å². The lowest BCUT2D eigenvalue weighted by Gasteiger charge is -2.14. The van der Waals surface area contributed by atoms with Gasteiger partial charge in [-0.1, -0.05) is 38.0 Å². The third kappa shape index (κ3) is 13.1. The van der Waals surface area contributed by atoms with Gasteiger partial charge >= 0.3 is 0 Å². The van der Waals surface area contributed by atoms with Gasteiger partial charge in [0.15, 0.2) is 0 Å². The lowest BCUT2D eigenvalue weighted by Crippen LogP contribution is -2.35. The van der Waals surface area contributed by atoms with Gasteiger partial charge < -0.3 is 32.2 Å². The molecule has 196 valence electrons. The standard InChI is InChI=1S/C13H16N2O2.C4H10O.C3H6N6.C2H6O2/c1-2-3-9-11-12(16)14-15(13(11)17)10-7-5-4-6-8-10;1-3-5-4-2;4-1-7-2(5)9-3(6)8-1;3-1-2-4/h4-8,11H,2-3,9H2,1H3,(H,14,16);3-4H2,1-2H3;(H6,4,5,6,7,8,9);3-4H,1-2H2. The SMILES string of the molecule is CCCCC1C(=O)NN(c2ccccc2)C1=O.CCOCC.Nc1nc(N)nc(N)n1.OCCO. The number of para-hydroxylation sites is 1. The first kappa shape index (κ1) is 31.4. The quantitative estimate of drug-likeness (QED) is 0.291. The van der Waals surface area contributed by atoms with Crippen molar-refractivity contribution in [3.8, 4) is 0 Å². The van der Waals surface area contributed by atoms with E-state index in [1.165, 1.54) is 5.01 Å². The van der Waals surface area contributed by atoms with Crippen molar-refractivity contribution in [2.75, 3.05) is 48.6 Å². The number of hydrogen-bond acceptors (Lipinski definition) is 11. The molecule has 1 saturated heterocycles. The van der Waals surface area contributed by atoms with Crippen molar-refractivity contribution >= 4 is 35.3 Å². The minimum Gasteiger partial charge on any atom is -0.394 e. The molecule has 2 amide bonds. The molecular weight excluding hydrogens is 456 g/mol. The lowest BCUT2D eigenvalue weighted by molar-refractivity contribution is -0.127. The van der Waals surface area contributed by atoms with Crippen LogP contribution in [0, 0.1) is 5.92 Å². The fourth-order valence-corrected chi connectivity index (χ4v) is 2.57. The fourth-order valence-electron chi connectivity index (χ4n) is 2.57. The monoisotopic (exact) mass is 494 g/mol. The van der Waals surface area contributed by atoms with Crippen LogP contribution in [0.1, 0.15) is 40.0 Å². The minimum absolute atomic E-state index is 0.0417. The van der Waals surface area contributed by atoms with Gasteiger partial charge in [-0.2, -0.15) is 15.0 Å². The van der Waals surface area contributed by atoms with Gasteiger partial charge in [0.2, 0.25) is 17.8 Å². The predicted octanol–water partition coefficient (Wildman–Crippen LogP) is 0.503. The molecule has 13 nitrogen and oxygen atoms in total. The number of hydrogen-bond donors (Lipinski definition) is 6. The Hall–Kier alpha value is -3.55. The number of benzene rings is 1. The molecule has 2 aromatic rings. The van der Waals surface area contributed by atoms with E-state index < -0.39 is 5.92 Å². The van der Waals surface area contributed by atoms with E-state index in [-0.39, 0.29) is 42.9 Å². The molecule has 1 aromatic heterocycles. The predicted molar refractivity (Wildman–Crippen MR) is 134 cm³/mol. The van der Waals surface area contributed by atoms with Gasteiger partial charge in [0.1, 0.15) is 5.92 Å². The van der Waals surface area contributed by atoms with Gasteiger partial charge in [-0.05, 0) is 32.4 Å². The number of aromatic nitrogens is 3. The highest BCUT2D eigenvalue weighted by Gasteiger charge is 2.39. The summed E-state index contributed by atoms with van der Waals surface area (Å²) in [5.41, 5.74) is 18.7. The van der Waals surface area contributed by atoms with Crippen molar-refractivity contribution in [3.63, 3.8) is 0 Å². The Balaban J connectivity index is 0.000000536. The number of nitrogens with two attached hydrogens (primary N) is 3. The van der Waals surface area contributed by atoms with Gasteiger partial charge in [0.25, 0.3) is 11.8 Å². The molecule has 0 aliphatic carbocycles. The molecule has 0 spiro atoms. The van der Waals surface area contributed by atoms with Crippen molar-refractivity contribution in [1.29, 1.82) is 0 Å². The summed E-state index contributed by atoms with van der Waals surface area (Å²) in [6.45, 7) is 7.46. The second-order valence-corrected chi connectivity index (χ2v) is 6.82. The smallest absolute Gasteiger partial charge is 0.258 e. The molecule has 1 unspecified atom stereocenters. The Morgan fingerprint density at radius 2 is 1.40 bits per heavy atom. The molecule has 0 bridgehead atoms. The van der Waals surface area contributed by atoms with E-state index in [9.17, 15) is 9.59 Å². The third-order valence-corrected chi connectivity index (χ3v) is 4.11. The second kappa shape index (κ2) is 18.8. The zero-order chi connectivity index (χ0) is 26.6. The normalized spacial score (nSPS) is 14.0. The summed E-state index contributed by atoms with van der Waals surface area (Å²) in [5, 5.41) is 16.6. The van der Waals surface area contributed by atoms with Crippen LogP contribution in [0.3, 0.4) is 0 Å². The number of hydrazine groups is 1. The molecule has 2 heterocycles. The maximum Gasteiger partial charge on any atom is 0.258 e. The van der Waals surface area contributed by atoms with E-state index in [4.69, 9.17) is 32.2 Å². The maximum atomic E-state index is 12.1. The second-order valence-electron chi connectivity index (χ2n) is 6.82. The number of nitrogens with one attached hydrogen (secondary N) is 1. The van der Waals surface area contributed by atoms with E-state index in [0.29, 0.717) is 12.1 Å². The van der Waals surface area contributed by atoms with Gasteiger partial charge in [0, 0.05) is 13.2 Å². The lowest BCUT2D eigenvalue weighted by atomic mass is 10.0. The molecule has 1 fully saturated rings. The van der Waals surface area contributed by atoms with Crippen molar-refractivity contribution in [3.05, 3.63) is 30.3 Å². The van der Waals surface area contributed by atoms with E-state index in [2.05, 4.69) is 20.4 Å². The van der Waals surface area contributed by atoms with Crippen molar-refractivity contribution in [2.45, 2.75) is 40.0 Å². The highest BCUT2D eigenvalue weighted by Crippen LogP contribution is 2.22. The maximum absolute atomic E-state index is 12.1. The van der Waals surface area contributed by atoms with Crippen LogP contribution in [0.15, 0.2) is 30.3 Å². The number of ether oxygens (including phenoxy) is 1. The largest absolute Gasteiger partial charge is 0.394 e. The van der Waals surface area contributed by atoms with E-state index in [1.807, 2.05) is 39.0 Å². The number of anilines is 4. The summed E-state index contributed by atoms with van der Waals surface area (Å²) in [4.78, 5) is 34.2. The van der Waals surface area contributed by atoms with Crippen LogP contribution in [0.25, 0.3) is 0 Å². The number of nitrogen functional groups attached to an aromatic ring is 3. The van der Waals surface area contributed by atoms with Crippen molar-refractivity contribution in [2.24, 2.45) is 5.92 Å². The summed E-state index contributed by atoms with van der Waals surface area (Å²) in [7, 11) is 0. The molecule has 1 aliphatic rings. The average Bonchev–Trinajstić information content (AvgIpc) is 3.12. The van der Waals surface area contributed by atoms with Crippen molar-refractivity contribution < 1.29 is 24.5 Å². The molecular formula is C22H38N8O5. The van der Waals surface area contributed by atoms with E-state index in [0.717, 1.165) is 26.1 Å². The number of rotatable bonds is 7. The first-order valence-electron chi connectivity index (χ1n) is 11.3. The number of nitrogens with zero attached hydrogens (tertiary/aromatic N) is 4. The Kier molecular flexibility index (Phi) is 16.9. The highest BCUT2D eigenvalue weighted by molar-refractivity contribution is 6.14. The van der Waals surface area contributed by atoms with Crippen LogP contribution >= 0.6 is 0 Å². The number of unbranched alkanes of at least 4 members (excludes halogenated alkanes) is 1. The van der Waals surface area contributed by atoms with Crippen LogP contribution in [0.2, 0.25) is 0 Å². The molecule has 13 heteroatoms. The Morgan fingerprint density at radius 3 is 1.77 bits per heavy atom. The van der Waals surface area contributed by atoms with Gasteiger partial charge in [-0.3, -0.25) is 15.0 Å². The van der Waals surface area contributed by atoms with Gasteiger partial charge in [-0.15, -0.1) is 0 Å². The molecule has 1 aromatic carbocycles. The number of carbonyl (C=O) groups excluding carboxylic acids is 2. The van der Waals surface area contributed by atoms with Crippen LogP contribution in [0.4, 0.5) is 23.5 Å². The molecule has 35 heavy (non-hydrogen) atoms. The zero-order valence-corrected chi connectivity index (χ0v) is 20.6. The first-order chi connectivity index (χ1) is 16.7. The summed E-state index contributed by atoms with van der Waals surface area (Å²) < 4.78 is 4.83. The molecule has 0 saturated carbocycles. The summed E-state index contributed by atoms with van der Waals surface area (Å²) in [6, 6.07) is 9.17. The summed E-state index contributed by atoms with van der Waals surface area (Å²) in [5.74, 6) is -0.725. The van der Waals surface area contributed by atoms with Crippen LogP contribution < -0.4 is 27.6 Å². The molecule has 9 N–H and O–H groups in total. The average molecular weight is 495 g/mol. The van der Waals surface area contributed by atoms with Crippen LogP contribution in [-0.2, 0) is 14.3 Å². The van der Waals surface area contributed by atoms with Gasteiger partial charge in [-0.25, -0.2) is 5.01 Å². The number of carbonyl (C=O) groups is 2. The third-order valence-electron chi connectivity index (χ3n) is 4.11. The highest BCUT2D eigenvalue weighted by atomic mass is 16.5. The fraction of sp³-hybridized carbons (Fsp3) is 0.500. The minimum atomic E-state index is -0.518. The topological polar surface area (TPSA) is 216 Å². The molecule has 1 aliphatic heterocycles. The van der Waals surface area contributed by atoms with Gasteiger partial charge in [0.05, 0.1) is 18.9 Å². The molecule has 1 atom stereocenters. The molecule has 3 rings (SSSR count). The van der Waals surface area contributed by atoms with E-state index >= 15 is 0 Å². The van der Waals surface area contributed by atoms with E-state index in [1.54, 1.807) is 12.1 Å². The molecule has 0 radical (unpaired) electrons. The van der Waals surface area contributed by atoms with Crippen LogP contribution in [-0.4, -0.2) is 63.4 Å². The number of aliphatic hydroxyl groups is 2. The number of aliphatic hydroxyl groups excluding tert-OH is 2. The van der Waals surface area contributed by atoms with Crippen molar-refractivity contribution in [1.82, 2.24) is 20.4 Å². The summed E-state index contributed by atoms with van der Waals surface area (Å²) >= 11 is 0. The number of amides is 2. The zero-order valence-electron chi connectivity index (χ0n) is 20.6. The summed E-state index contributed by atoms with van der Waals surface area (Å²) in [6.07, 6.45) is 2.51. The first-order valence-corrected chi connectivity index (χ1v) is 11.3. The Bertz CT molecular complexity index is 803.